The van der Waals surface area contributed by atoms with Crippen LogP contribution in [-0.4, -0.2) is 140 Å². The van der Waals surface area contributed by atoms with Crippen LogP contribution < -0.4 is 5.32 Å². The van der Waals surface area contributed by atoms with E-state index in [9.17, 15) is 45.6 Å². The van der Waals surface area contributed by atoms with E-state index < -0.39 is 86.8 Å². The van der Waals surface area contributed by atoms with Gasteiger partial charge in [0.25, 0.3) is 0 Å². The van der Waals surface area contributed by atoms with Crippen LogP contribution in [0.3, 0.4) is 0 Å². The second-order valence-electron chi connectivity index (χ2n) is 22.1. The van der Waals surface area contributed by atoms with E-state index >= 15 is 0 Å². The molecule has 14 nitrogen and oxygen atoms in total. The van der Waals surface area contributed by atoms with E-state index in [1.807, 2.05) is 6.08 Å². The molecule has 0 aromatic rings. The van der Waals surface area contributed by atoms with Crippen molar-refractivity contribution in [2.24, 2.45) is 0 Å². The highest BCUT2D eigenvalue weighted by molar-refractivity contribution is 5.76. The van der Waals surface area contributed by atoms with Gasteiger partial charge in [0.15, 0.2) is 12.6 Å². The Morgan fingerprint density at radius 2 is 0.864 bits per heavy atom. The summed E-state index contributed by atoms with van der Waals surface area (Å²) in [6.07, 6.45) is 54.6. The molecular formula is C67H115NO13. The first-order valence-electron chi connectivity index (χ1n) is 32.0. The fourth-order valence-electron chi connectivity index (χ4n) is 9.90. The van der Waals surface area contributed by atoms with Crippen LogP contribution in [0.2, 0.25) is 0 Å². The minimum Gasteiger partial charge on any atom is -0.394 e. The quantitative estimate of drug-likeness (QED) is 0.0204. The van der Waals surface area contributed by atoms with E-state index in [1.165, 1.54) is 128 Å². The standard InChI is InChI=1S/C67H115NO13/c1-3-5-7-9-11-13-15-17-19-21-23-25-26-27-28-29-31-32-34-36-38-40-42-44-46-48-50-56(71)55(54-78-66-64(77)62(75)65(58(53-70)80-66)81-67-63(76)61(74)60(73)57(52-69)79-67)68-59(72)51-49-47-45-43-41-39-37-35-33-30-24-22-20-18-16-14-12-10-8-6-4-2/h6,8,12,14,18,20,24,30,35,37,40-43,48,50,55-58,60-67,69-71,73-77H,3-5,7,9-11,13,15-17,19,21-23,25-29,31-34,36,38-39,44-47,49,51-54H2,1-2H3,(H,68,72)/b8-6-,14-12-,20-18-,30-24-,37-35-,42-40+,43-41-,50-48+. The Kier molecular flexibility index (Phi) is 46.9. The summed E-state index contributed by atoms with van der Waals surface area (Å²) in [5.41, 5.74) is 0. The molecule has 12 atom stereocenters. The zero-order valence-electron chi connectivity index (χ0n) is 50.2. The van der Waals surface area contributed by atoms with Crippen LogP contribution in [0.25, 0.3) is 0 Å². The van der Waals surface area contributed by atoms with Crippen LogP contribution in [0.1, 0.15) is 226 Å². The fourth-order valence-corrected chi connectivity index (χ4v) is 9.90. The molecule has 2 aliphatic heterocycles. The maximum absolute atomic E-state index is 13.3. The molecule has 466 valence electrons. The Bertz CT molecular complexity index is 1730. The smallest absolute Gasteiger partial charge is 0.220 e. The number of allylic oxidation sites excluding steroid dienone is 15. The van der Waals surface area contributed by atoms with Crippen molar-refractivity contribution in [1.29, 1.82) is 0 Å². The van der Waals surface area contributed by atoms with E-state index in [0.29, 0.717) is 12.8 Å². The lowest BCUT2D eigenvalue weighted by molar-refractivity contribution is -0.359. The molecule has 0 bridgehead atoms. The number of rotatable bonds is 50. The molecule has 1 amide bonds. The van der Waals surface area contributed by atoms with Crippen LogP contribution in [0.5, 0.6) is 0 Å². The maximum atomic E-state index is 13.3. The normalized spacial score (nSPS) is 24.8. The first kappa shape index (κ1) is 74.0. The first-order valence-corrected chi connectivity index (χ1v) is 32.0. The number of hydrogen-bond acceptors (Lipinski definition) is 13. The number of aliphatic hydroxyl groups excluding tert-OH is 8. The van der Waals surface area contributed by atoms with E-state index in [4.69, 9.17) is 18.9 Å². The van der Waals surface area contributed by atoms with Crippen LogP contribution in [0, 0.1) is 0 Å². The average molecular weight is 1140 g/mol. The van der Waals surface area contributed by atoms with Gasteiger partial charge in [0.05, 0.1) is 32.0 Å². The molecule has 0 aliphatic carbocycles. The van der Waals surface area contributed by atoms with Gasteiger partial charge in [-0.15, -0.1) is 0 Å². The molecule has 2 fully saturated rings. The molecular weight excluding hydrogens is 1030 g/mol. The number of carbonyl (C=O) groups is 1. The van der Waals surface area contributed by atoms with E-state index in [2.05, 4.69) is 104 Å². The monoisotopic (exact) mass is 1140 g/mol. The molecule has 0 aromatic carbocycles. The van der Waals surface area contributed by atoms with Gasteiger partial charge in [0, 0.05) is 6.42 Å². The predicted molar refractivity (Wildman–Crippen MR) is 327 cm³/mol. The summed E-state index contributed by atoms with van der Waals surface area (Å²) < 4.78 is 22.8. The zero-order chi connectivity index (χ0) is 58.8. The number of hydrogen-bond donors (Lipinski definition) is 9. The van der Waals surface area contributed by atoms with Gasteiger partial charge in [-0.1, -0.05) is 233 Å². The van der Waals surface area contributed by atoms with Crippen molar-refractivity contribution in [3.05, 3.63) is 97.2 Å². The summed E-state index contributed by atoms with van der Waals surface area (Å²) >= 11 is 0. The van der Waals surface area contributed by atoms with Crippen molar-refractivity contribution in [3.8, 4) is 0 Å². The van der Waals surface area contributed by atoms with E-state index in [0.717, 1.165) is 64.2 Å². The summed E-state index contributed by atoms with van der Waals surface area (Å²) in [4.78, 5) is 13.3. The van der Waals surface area contributed by atoms with Gasteiger partial charge >= 0.3 is 0 Å². The number of aliphatic hydroxyl groups is 8. The molecule has 12 unspecified atom stereocenters. The third-order valence-corrected chi connectivity index (χ3v) is 15.0. The average Bonchev–Trinajstić information content (AvgIpc) is 3.47. The third-order valence-electron chi connectivity index (χ3n) is 15.0. The number of amides is 1. The highest BCUT2D eigenvalue weighted by Crippen LogP contribution is 2.30. The molecule has 2 aliphatic rings. The van der Waals surface area contributed by atoms with Gasteiger partial charge in [-0.2, -0.15) is 0 Å². The van der Waals surface area contributed by atoms with E-state index in [1.54, 1.807) is 6.08 Å². The van der Waals surface area contributed by atoms with Crippen molar-refractivity contribution in [2.75, 3.05) is 19.8 Å². The molecule has 0 radical (unpaired) electrons. The highest BCUT2D eigenvalue weighted by Gasteiger charge is 2.51. The summed E-state index contributed by atoms with van der Waals surface area (Å²) in [7, 11) is 0. The summed E-state index contributed by atoms with van der Waals surface area (Å²) in [6, 6.07) is -0.963. The molecule has 2 heterocycles. The van der Waals surface area contributed by atoms with Gasteiger partial charge < -0.3 is 65.1 Å². The van der Waals surface area contributed by atoms with Crippen molar-refractivity contribution < 1.29 is 64.6 Å². The van der Waals surface area contributed by atoms with Crippen LogP contribution >= 0.6 is 0 Å². The molecule has 14 heteroatoms. The number of nitrogens with one attached hydrogen (secondary N) is 1. The lowest BCUT2D eigenvalue weighted by Gasteiger charge is -2.46. The van der Waals surface area contributed by atoms with Gasteiger partial charge in [-0.05, 0) is 83.5 Å². The predicted octanol–water partition coefficient (Wildman–Crippen LogP) is 11.8. The second kappa shape index (κ2) is 51.3. The van der Waals surface area contributed by atoms with Gasteiger partial charge in [0.1, 0.15) is 48.8 Å². The lowest BCUT2D eigenvalue weighted by atomic mass is 9.97. The van der Waals surface area contributed by atoms with Crippen molar-refractivity contribution in [3.63, 3.8) is 0 Å². The molecule has 9 N–H and O–H groups in total. The molecule has 0 spiro atoms. The Morgan fingerprint density at radius 1 is 0.457 bits per heavy atom. The highest BCUT2D eigenvalue weighted by atomic mass is 16.7. The fraction of sp³-hybridized carbons (Fsp3) is 0.746. The minimum atomic E-state index is -1.80. The molecule has 0 aromatic heterocycles. The van der Waals surface area contributed by atoms with Crippen molar-refractivity contribution in [2.45, 2.75) is 299 Å². The van der Waals surface area contributed by atoms with Crippen LogP contribution in [0.15, 0.2) is 97.2 Å². The maximum Gasteiger partial charge on any atom is 0.220 e. The molecule has 2 rings (SSSR count). The Morgan fingerprint density at radius 3 is 1.36 bits per heavy atom. The third kappa shape index (κ3) is 36.4. The Hall–Kier alpha value is -3.09. The summed E-state index contributed by atoms with van der Waals surface area (Å²) in [5, 5.41) is 87.2. The van der Waals surface area contributed by atoms with Crippen molar-refractivity contribution >= 4 is 5.91 Å². The van der Waals surface area contributed by atoms with Crippen LogP contribution in [-0.2, 0) is 23.7 Å². The van der Waals surface area contributed by atoms with Gasteiger partial charge in [-0.25, -0.2) is 0 Å². The van der Waals surface area contributed by atoms with Crippen molar-refractivity contribution in [1.82, 2.24) is 5.32 Å². The second-order valence-corrected chi connectivity index (χ2v) is 22.1. The summed E-state index contributed by atoms with van der Waals surface area (Å²) in [5.74, 6) is -0.293. The molecule has 2 saturated heterocycles. The Labute approximate surface area is 490 Å². The topological polar surface area (TPSA) is 228 Å². The number of ether oxygens (including phenoxy) is 4. The SMILES string of the molecule is CC/C=C\C/C=C\C/C=C\C/C=C\C/C=C\C/C=C\CCCCC(=O)NC(COC1OC(CO)C(OC2OC(CO)C(O)C(O)C2O)C(O)C1O)C(O)/C=C/CC/C=C/CCCCCCCCCCCCCCCCCCCCCC. The number of unbranched alkanes of at least 4 members (excludes halogenated alkanes) is 23. The Balaban J connectivity index is 1.77. The molecule has 81 heavy (non-hydrogen) atoms. The zero-order valence-corrected chi connectivity index (χ0v) is 50.2. The first-order chi connectivity index (χ1) is 39.6. The lowest BCUT2D eigenvalue weighted by Crippen LogP contribution is -2.65. The summed E-state index contributed by atoms with van der Waals surface area (Å²) in [6.45, 7) is 2.64. The van der Waals surface area contributed by atoms with Gasteiger partial charge in [-0.3, -0.25) is 4.79 Å². The van der Waals surface area contributed by atoms with E-state index in [-0.39, 0.29) is 18.9 Å². The van der Waals surface area contributed by atoms with Gasteiger partial charge in [0.2, 0.25) is 5.91 Å². The van der Waals surface area contributed by atoms with Crippen LogP contribution in [0.4, 0.5) is 0 Å². The largest absolute Gasteiger partial charge is 0.394 e. The number of carbonyl (C=O) groups excluding carboxylic acids is 1. The minimum absolute atomic E-state index is 0.213. The molecule has 0 saturated carbocycles.